The molecule has 1 aliphatic heterocycles. The van der Waals surface area contributed by atoms with Crippen molar-refractivity contribution in [2.45, 2.75) is 45.3 Å². The standard InChI is InChI=1S/C15H24N4O2/c1-15(2,3)21-14(20)19-13-7-6-12(10-18-13)17-9-11-5-4-8-16-11/h6-7,10-11,16-17H,4-5,8-9H2,1-3H3,(H,18,19,20). The second-order valence-electron chi connectivity index (χ2n) is 6.23. The summed E-state index contributed by atoms with van der Waals surface area (Å²) < 4.78 is 5.17. The van der Waals surface area contributed by atoms with Crippen LogP contribution in [0.1, 0.15) is 33.6 Å². The van der Waals surface area contributed by atoms with Crippen molar-refractivity contribution >= 4 is 17.6 Å². The van der Waals surface area contributed by atoms with Gasteiger partial charge in [-0.05, 0) is 52.3 Å². The van der Waals surface area contributed by atoms with E-state index in [9.17, 15) is 4.79 Å². The van der Waals surface area contributed by atoms with E-state index in [1.165, 1.54) is 12.8 Å². The molecule has 1 atom stereocenters. The van der Waals surface area contributed by atoms with E-state index >= 15 is 0 Å². The Morgan fingerprint density at radius 3 is 2.86 bits per heavy atom. The maximum absolute atomic E-state index is 11.6. The molecule has 1 unspecified atom stereocenters. The molecule has 1 aromatic heterocycles. The molecule has 0 radical (unpaired) electrons. The van der Waals surface area contributed by atoms with Gasteiger partial charge in [0.05, 0.1) is 11.9 Å². The van der Waals surface area contributed by atoms with Crippen LogP contribution in [0.2, 0.25) is 0 Å². The first kappa shape index (κ1) is 15.6. The monoisotopic (exact) mass is 292 g/mol. The number of hydrogen-bond acceptors (Lipinski definition) is 5. The van der Waals surface area contributed by atoms with Crippen LogP contribution in [0, 0.1) is 0 Å². The number of pyridine rings is 1. The number of ether oxygens (including phenoxy) is 1. The lowest BCUT2D eigenvalue weighted by atomic mass is 10.2. The highest BCUT2D eigenvalue weighted by molar-refractivity contribution is 5.83. The third-order valence-corrected chi connectivity index (χ3v) is 3.11. The molecule has 0 bridgehead atoms. The average molecular weight is 292 g/mol. The van der Waals surface area contributed by atoms with Crippen molar-refractivity contribution in [3.63, 3.8) is 0 Å². The summed E-state index contributed by atoms with van der Waals surface area (Å²) in [7, 11) is 0. The van der Waals surface area contributed by atoms with Crippen LogP contribution in [0.4, 0.5) is 16.3 Å². The van der Waals surface area contributed by atoms with Crippen molar-refractivity contribution in [1.29, 1.82) is 0 Å². The van der Waals surface area contributed by atoms with Crippen LogP contribution in [0.25, 0.3) is 0 Å². The lowest BCUT2D eigenvalue weighted by molar-refractivity contribution is 0.0635. The quantitative estimate of drug-likeness (QED) is 0.795. The van der Waals surface area contributed by atoms with E-state index in [2.05, 4.69) is 20.9 Å². The molecule has 1 aliphatic rings. The molecule has 2 rings (SSSR count). The Bertz CT molecular complexity index is 462. The van der Waals surface area contributed by atoms with Gasteiger partial charge in [0, 0.05) is 12.6 Å². The largest absolute Gasteiger partial charge is 0.444 e. The number of amides is 1. The smallest absolute Gasteiger partial charge is 0.413 e. The molecule has 116 valence electrons. The fourth-order valence-electron chi connectivity index (χ4n) is 2.15. The predicted octanol–water partition coefficient (Wildman–Crippen LogP) is 2.59. The first-order chi connectivity index (χ1) is 9.92. The van der Waals surface area contributed by atoms with Crippen LogP contribution < -0.4 is 16.0 Å². The lowest BCUT2D eigenvalue weighted by Crippen LogP contribution is -2.29. The molecular formula is C15H24N4O2. The molecule has 6 heteroatoms. The fraction of sp³-hybridized carbons (Fsp3) is 0.600. The second-order valence-corrected chi connectivity index (χ2v) is 6.23. The van der Waals surface area contributed by atoms with Gasteiger partial charge in [-0.25, -0.2) is 9.78 Å². The van der Waals surface area contributed by atoms with Gasteiger partial charge in [0.2, 0.25) is 0 Å². The van der Waals surface area contributed by atoms with Gasteiger partial charge in [-0.15, -0.1) is 0 Å². The minimum Gasteiger partial charge on any atom is -0.444 e. The molecule has 0 aliphatic carbocycles. The van der Waals surface area contributed by atoms with Gasteiger partial charge in [-0.2, -0.15) is 0 Å². The third kappa shape index (κ3) is 5.59. The van der Waals surface area contributed by atoms with Crippen LogP contribution in [-0.4, -0.2) is 35.8 Å². The third-order valence-electron chi connectivity index (χ3n) is 3.11. The zero-order chi connectivity index (χ0) is 15.3. The number of hydrogen-bond donors (Lipinski definition) is 3. The topological polar surface area (TPSA) is 75.3 Å². The predicted molar refractivity (Wildman–Crippen MR) is 83.6 cm³/mol. The molecule has 1 fully saturated rings. The fourth-order valence-corrected chi connectivity index (χ4v) is 2.15. The van der Waals surface area contributed by atoms with E-state index in [0.29, 0.717) is 11.9 Å². The van der Waals surface area contributed by atoms with E-state index in [0.717, 1.165) is 18.8 Å². The number of carbonyl (C=O) groups is 1. The molecule has 21 heavy (non-hydrogen) atoms. The Hall–Kier alpha value is -1.82. The van der Waals surface area contributed by atoms with Crippen LogP contribution in [0.3, 0.4) is 0 Å². The molecule has 3 N–H and O–H groups in total. The number of rotatable bonds is 4. The summed E-state index contributed by atoms with van der Waals surface area (Å²) in [4.78, 5) is 15.8. The van der Waals surface area contributed by atoms with E-state index in [1.807, 2.05) is 26.8 Å². The normalized spacial score (nSPS) is 18.3. The molecule has 0 saturated carbocycles. The van der Waals surface area contributed by atoms with Gasteiger partial charge in [0.25, 0.3) is 0 Å². The van der Waals surface area contributed by atoms with E-state index in [4.69, 9.17) is 4.74 Å². The number of nitrogens with one attached hydrogen (secondary N) is 3. The first-order valence-electron chi connectivity index (χ1n) is 7.36. The number of anilines is 2. The van der Waals surface area contributed by atoms with Crippen LogP contribution >= 0.6 is 0 Å². The van der Waals surface area contributed by atoms with Gasteiger partial charge >= 0.3 is 6.09 Å². The number of nitrogens with zero attached hydrogens (tertiary/aromatic N) is 1. The van der Waals surface area contributed by atoms with E-state index in [1.54, 1.807) is 12.3 Å². The SMILES string of the molecule is CC(C)(C)OC(=O)Nc1ccc(NCC2CCCN2)cn1. The first-order valence-corrected chi connectivity index (χ1v) is 7.36. The number of carbonyl (C=O) groups excluding carboxylic acids is 1. The zero-order valence-electron chi connectivity index (χ0n) is 12.9. The Labute approximate surface area is 125 Å². The van der Waals surface area contributed by atoms with Gasteiger partial charge in [-0.3, -0.25) is 5.32 Å². The summed E-state index contributed by atoms with van der Waals surface area (Å²) in [5.74, 6) is 0.480. The molecule has 2 heterocycles. The van der Waals surface area contributed by atoms with Crippen molar-refractivity contribution in [3.05, 3.63) is 18.3 Å². The molecule has 1 amide bonds. The van der Waals surface area contributed by atoms with Crippen molar-refractivity contribution in [1.82, 2.24) is 10.3 Å². The molecule has 0 aromatic carbocycles. The summed E-state index contributed by atoms with van der Waals surface area (Å²) >= 11 is 0. The van der Waals surface area contributed by atoms with E-state index in [-0.39, 0.29) is 0 Å². The maximum atomic E-state index is 11.6. The number of aromatic nitrogens is 1. The van der Waals surface area contributed by atoms with Gasteiger partial charge in [0.1, 0.15) is 11.4 Å². The highest BCUT2D eigenvalue weighted by Crippen LogP contribution is 2.13. The van der Waals surface area contributed by atoms with Crippen molar-refractivity contribution in [2.24, 2.45) is 0 Å². The van der Waals surface area contributed by atoms with Gasteiger partial charge in [-0.1, -0.05) is 0 Å². The van der Waals surface area contributed by atoms with Crippen molar-refractivity contribution in [2.75, 3.05) is 23.7 Å². The molecular weight excluding hydrogens is 268 g/mol. The minimum absolute atomic E-state index is 0.480. The van der Waals surface area contributed by atoms with Gasteiger partial charge < -0.3 is 15.4 Å². The minimum atomic E-state index is -0.514. The molecule has 6 nitrogen and oxygen atoms in total. The van der Waals surface area contributed by atoms with Crippen LogP contribution in [0.5, 0.6) is 0 Å². The van der Waals surface area contributed by atoms with Crippen LogP contribution in [0.15, 0.2) is 18.3 Å². The molecule has 1 aromatic rings. The summed E-state index contributed by atoms with van der Waals surface area (Å²) in [6.45, 7) is 7.46. The zero-order valence-corrected chi connectivity index (χ0v) is 12.9. The van der Waals surface area contributed by atoms with Crippen molar-refractivity contribution < 1.29 is 9.53 Å². The molecule has 0 spiro atoms. The summed E-state index contributed by atoms with van der Waals surface area (Å²) in [5, 5.41) is 9.38. The van der Waals surface area contributed by atoms with Crippen LogP contribution in [-0.2, 0) is 4.74 Å². The Balaban J connectivity index is 1.79. The van der Waals surface area contributed by atoms with E-state index < -0.39 is 11.7 Å². The maximum Gasteiger partial charge on any atom is 0.413 e. The Morgan fingerprint density at radius 1 is 1.48 bits per heavy atom. The highest BCUT2D eigenvalue weighted by Gasteiger charge is 2.16. The highest BCUT2D eigenvalue weighted by atomic mass is 16.6. The Kier molecular flexibility index (Phi) is 5.01. The van der Waals surface area contributed by atoms with Gasteiger partial charge in [0.15, 0.2) is 0 Å². The summed E-state index contributed by atoms with van der Waals surface area (Å²) in [6.07, 6.45) is 3.66. The lowest BCUT2D eigenvalue weighted by Gasteiger charge is -2.19. The summed E-state index contributed by atoms with van der Waals surface area (Å²) in [6, 6.07) is 4.19. The molecule has 1 saturated heterocycles. The van der Waals surface area contributed by atoms with Crippen molar-refractivity contribution in [3.8, 4) is 0 Å². The summed E-state index contributed by atoms with van der Waals surface area (Å²) in [5.41, 5.74) is 0.429. The average Bonchev–Trinajstić information content (AvgIpc) is 2.89. The second kappa shape index (κ2) is 6.76. The Morgan fingerprint density at radius 2 is 2.29 bits per heavy atom.